The third kappa shape index (κ3) is 12.8. The van der Waals surface area contributed by atoms with Crippen LogP contribution in [0.1, 0.15) is 11.1 Å². The van der Waals surface area contributed by atoms with E-state index in [0.29, 0.717) is 11.4 Å². The zero-order valence-electron chi connectivity index (χ0n) is 15.5. The van der Waals surface area contributed by atoms with Crippen LogP contribution in [-0.4, -0.2) is 23.4 Å². The lowest BCUT2D eigenvalue weighted by atomic mass is 10.1. The second-order valence-corrected chi connectivity index (χ2v) is 5.23. The summed E-state index contributed by atoms with van der Waals surface area (Å²) in [5.74, 6) is 0. The first-order valence-electron chi connectivity index (χ1n) is 8.27. The van der Waals surface area contributed by atoms with Crippen LogP contribution < -0.4 is 11.5 Å². The van der Waals surface area contributed by atoms with Crippen LogP contribution in [0.4, 0.5) is 11.4 Å². The van der Waals surface area contributed by atoms with Gasteiger partial charge in [-0.1, -0.05) is 84.9 Å². The maximum Gasteiger partial charge on any atom is 0.0662 e. The van der Waals surface area contributed by atoms with Crippen LogP contribution in [0, 0.1) is 0 Å². The number of aliphatic hydroxyl groups excluding tert-OH is 2. The third-order valence-electron chi connectivity index (χ3n) is 3.13. The summed E-state index contributed by atoms with van der Waals surface area (Å²) in [6.45, 7) is -0.250. The summed E-state index contributed by atoms with van der Waals surface area (Å²) in [4.78, 5) is 0. The Kier molecular flexibility index (Phi) is 17.7. The molecule has 0 heterocycles. The zero-order valence-corrected chi connectivity index (χ0v) is 17.2. The number of benzene rings is 3. The molecule has 6 heteroatoms. The normalized spacial score (nSPS) is 8.93. The van der Waals surface area contributed by atoms with Gasteiger partial charge in [-0.15, -0.1) is 24.8 Å². The molecular formula is C22H28Cl2N2O2. The Balaban J connectivity index is 0. The Morgan fingerprint density at radius 2 is 1.11 bits per heavy atom. The van der Waals surface area contributed by atoms with Crippen molar-refractivity contribution in [2.24, 2.45) is 0 Å². The summed E-state index contributed by atoms with van der Waals surface area (Å²) >= 11 is 0. The fourth-order valence-corrected chi connectivity index (χ4v) is 1.88. The van der Waals surface area contributed by atoms with Crippen molar-refractivity contribution in [3.8, 4) is 0 Å². The van der Waals surface area contributed by atoms with Crippen molar-refractivity contribution >= 4 is 48.3 Å². The highest BCUT2D eigenvalue weighted by Gasteiger charge is 1.94. The van der Waals surface area contributed by atoms with Crippen molar-refractivity contribution < 1.29 is 10.2 Å². The molecule has 0 amide bonds. The lowest BCUT2D eigenvalue weighted by Gasteiger charge is -2.01. The number of hydrogen-bond donors (Lipinski definition) is 4. The molecule has 6 N–H and O–H groups in total. The molecule has 3 aromatic rings. The van der Waals surface area contributed by atoms with Crippen LogP contribution in [0.15, 0.2) is 84.9 Å². The molecule has 0 spiro atoms. The van der Waals surface area contributed by atoms with E-state index in [1.807, 2.05) is 91.0 Å². The molecule has 3 aromatic carbocycles. The van der Waals surface area contributed by atoms with Crippen LogP contribution >= 0.6 is 24.8 Å². The van der Waals surface area contributed by atoms with Crippen molar-refractivity contribution in [2.45, 2.75) is 0 Å². The second-order valence-electron chi connectivity index (χ2n) is 5.23. The molecule has 0 fully saturated rings. The summed E-state index contributed by atoms with van der Waals surface area (Å²) in [5.41, 5.74) is 15.0. The molecule has 0 saturated heterocycles. The van der Waals surface area contributed by atoms with Gasteiger partial charge in [0.1, 0.15) is 0 Å². The number of anilines is 2. The topological polar surface area (TPSA) is 92.5 Å². The van der Waals surface area contributed by atoms with Crippen molar-refractivity contribution in [3.63, 3.8) is 0 Å². The summed E-state index contributed by atoms with van der Waals surface area (Å²) < 4.78 is 0. The molecule has 0 aliphatic rings. The van der Waals surface area contributed by atoms with Gasteiger partial charge < -0.3 is 21.7 Å². The number of nitrogen functional groups attached to an aromatic ring is 2. The maximum absolute atomic E-state index is 7.62. The van der Waals surface area contributed by atoms with Crippen LogP contribution in [0.2, 0.25) is 0 Å². The monoisotopic (exact) mass is 422 g/mol. The molecule has 0 unspecified atom stereocenters. The van der Waals surface area contributed by atoms with Crippen molar-refractivity contribution in [3.05, 3.63) is 96.1 Å². The fourth-order valence-electron chi connectivity index (χ4n) is 1.88. The van der Waals surface area contributed by atoms with Gasteiger partial charge in [0.15, 0.2) is 0 Å². The molecule has 0 bridgehead atoms. The highest BCUT2D eigenvalue weighted by atomic mass is 35.5. The summed E-state index contributed by atoms with van der Waals surface area (Å²) in [7, 11) is 0. The van der Waals surface area contributed by atoms with Gasteiger partial charge >= 0.3 is 0 Å². The molecule has 3 rings (SSSR count). The fraction of sp³-hybridized carbons (Fsp3) is 0.0909. The minimum atomic E-state index is -0.125. The standard InChI is InChI=1S/C14H14N2.C6H6.C2H6O2.2ClH/c15-13-9-8-12(14(16)10-13)7-6-11-4-2-1-3-5-11;1-2-4-6-5-3-1;3-1-2-4;;/h1-10H,15-16H2;1-6H;3-4H,1-2H2;2*1H. The summed E-state index contributed by atoms with van der Waals surface area (Å²) in [6, 6.07) is 27.6. The predicted molar refractivity (Wildman–Crippen MR) is 126 cm³/mol. The summed E-state index contributed by atoms with van der Waals surface area (Å²) in [5, 5.41) is 15.2. The van der Waals surface area contributed by atoms with Crippen LogP contribution in [0.3, 0.4) is 0 Å². The number of hydrogen-bond acceptors (Lipinski definition) is 4. The quantitative estimate of drug-likeness (QED) is 0.368. The zero-order chi connectivity index (χ0) is 19.0. The Labute approximate surface area is 179 Å². The van der Waals surface area contributed by atoms with Gasteiger partial charge in [0.2, 0.25) is 0 Å². The number of rotatable bonds is 3. The molecule has 0 aromatic heterocycles. The first-order chi connectivity index (χ1) is 12.7. The third-order valence-corrected chi connectivity index (χ3v) is 3.13. The average molecular weight is 423 g/mol. The Bertz CT molecular complexity index is 726. The molecule has 0 atom stereocenters. The van der Waals surface area contributed by atoms with Crippen LogP contribution in [-0.2, 0) is 0 Å². The van der Waals surface area contributed by atoms with Gasteiger partial charge in [0.25, 0.3) is 0 Å². The van der Waals surface area contributed by atoms with E-state index in [1.165, 1.54) is 0 Å². The molecule has 0 saturated carbocycles. The lowest BCUT2D eigenvalue weighted by molar-refractivity contribution is 0.186. The minimum absolute atomic E-state index is 0. The molecule has 0 aliphatic heterocycles. The van der Waals surface area contributed by atoms with Gasteiger partial charge in [-0.2, -0.15) is 0 Å². The Morgan fingerprint density at radius 3 is 1.54 bits per heavy atom. The van der Waals surface area contributed by atoms with E-state index in [-0.39, 0.29) is 38.0 Å². The van der Waals surface area contributed by atoms with E-state index < -0.39 is 0 Å². The Morgan fingerprint density at radius 1 is 0.643 bits per heavy atom. The van der Waals surface area contributed by atoms with E-state index in [9.17, 15) is 0 Å². The highest BCUT2D eigenvalue weighted by molar-refractivity contribution is 5.85. The van der Waals surface area contributed by atoms with Crippen molar-refractivity contribution in [1.29, 1.82) is 0 Å². The smallest absolute Gasteiger partial charge is 0.0662 e. The van der Waals surface area contributed by atoms with Crippen LogP contribution in [0.5, 0.6) is 0 Å². The maximum atomic E-state index is 7.62. The van der Waals surface area contributed by atoms with Gasteiger partial charge in [0, 0.05) is 11.4 Å². The average Bonchev–Trinajstić information content (AvgIpc) is 2.70. The van der Waals surface area contributed by atoms with Gasteiger partial charge in [-0.3, -0.25) is 0 Å². The van der Waals surface area contributed by atoms with Gasteiger partial charge in [0.05, 0.1) is 13.2 Å². The van der Waals surface area contributed by atoms with Gasteiger partial charge in [-0.05, 0) is 23.3 Å². The second kappa shape index (κ2) is 17.9. The van der Waals surface area contributed by atoms with Crippen LogP contribution in [0.25, 0.3) is 12.2 Å². The lowest BCUT2D eigenvalue weighted by Crippen LogP contribution is -1.92. The minimum Gasteiger partial charge on any atom is -0.399 e. The molecule has 4 nitrogen and oxygen atoms in total. The number of aliphatic hydroxyl groups is 2. The van der Waals surface area contributed by atoms with E-state index in [4.69, 9.17) is 21.7 Å². The number of halogens is 2. The highest BCUT2D eigenvalue weighted by Crippen LogP contribution is 2.18. The predicted octanol–water partition coefficient (Wildman–Crippen LogP) is 4.52. The molecule has 0 aliphatic carbocycles. The molecule has 0 radical (unpaired) electrons. The first-order valence-corrected chi connectivity index (χ1v) is 8.27. The van der Waals surface area contributed by atoms with E-state index in [1.54, 1.807) is 6.07 Å². The molecular weight excluding hydrogens is 395 g/mol. The molecule has 28 heavy (non-hydrogen) atoms. The summed E-state index contributed by atoms with van der Waals surface area (Å²) in [6.07, 6.45) is 4.02. The SMILES string of the molecule is Cl.Cl.Nc1ccc(C=Cc2ccccc2)c(N)c1.OCCO.c1ccccc1. The van der Waals surface area contributed by atoms with E-state index in [2.05, 4.69) is 0 Å². The first kappa shape index (κ1) is 27.7. The largest absolute Gasteiger partial charge is 0.399 e. The van der Waals surface area contributed by atoms with Crippen molar-refractivity contribution in [1.82, 2.24) is 0 Å². The van der Waals surface area contributed by atoms with E-state index in [0.717, 1.165) is 11.1 Å². The molecule has 152 valence electrons. The van der Waals surface area contributed by atoms with E-state index >= 15 is 0 Å². The van der Waals surface area contributed by atoms with Gasteiger partial charge in [-0.25, -0.2) is 0 Å². The number of nitrogens with two attached hydrogens (primary N) is 2. The Hall–Kier alpha value is -2.50. The van der Waals surface area contributed by atoms with Crippen molar-refractivity contribution in [2.75, 3.05) is 24.7 Å².